The van der Waals surface area contributed by atoms with Crippen molar-refractivity contribution in [1.29, 1.82) is 0 Å². The molecule has 0 atom stereocenters. The van der Waals surface area contributed by atoms with Crippen LogP contribution in [-0.2, 0) is 19.4 Å². The van der Waals surface area contributed by atoms with Crippen LogP contribution >= 0.6 is 0 Å². The molecule has 162 valence electrons. The van der Waals surface area contributed by atoms with Gasteiger partial charge >= 0.3 is 16.4 Å². The van der Waals surface area contributed by atoms with Crippen LogP contribution < -0.4 is 0 Å². The van der Waals surface area contributed by atoms with E-state index in [1.807, 2.05) is 0 Å². The number of carbonyl (C=O) groups is 1. The SMILES string of the molecule is CCCCCCCCCCCCOS(=O)(=O)O.O=C(O)CCC1CCCC1. The summed E-state index contributed by atoms with van der Waals surface area (Å²) < 4.78 is 33.0. The number of carboxylic acid groups (broad SMARTS) is 1. The van der Waals surface area contributed by atoms with Crippen LogP contribution in [0.25, 0.3) is 0 Å². The smallest absolute Gasteiger partial charge is 0.397 e. The molecule has 27 heavy (non-hydrogen) atoms. The Morgan fingerprint density at radius 3 is 1.85 bits per heavy atom. The van der Waals surface area contributed by atoms with E-state index in [9.17, 15) is 13.2 Å². The lowest BCUT2D eigenvalue weighted by molar-refractivity contribution is -0.137. The van der Waals surface area contributed by atoms with Gasteiger partial charge in [0.25, 0.3) is 0 Å². The van der Waals surface area contributed by atoms with Crippen molar-refractivity contribution in [2.75, 3.05) is 6.61 Å². The van der Waals surface area contributed by atoms with Gasteiger partial charge in [0, 0.05) is 6.42 Å². The van der Waals surface area contributed by atoms with E-state index in [0.29, 0.717) is 12.8 Å². The predicted molar refractivity (Wildman–Crippen MR) is 108 cm³/mol. The number of unbranched alkanes of at least 4 members (excludes halogenated alkanes) is 9. The highest BCUT2D eigenvalue weighted by Crippen LogP contribution is 2.28. The maximum Gasteiger partial charge on any atom is 0.397 e. The summed E-state index contributed by atoms with van der Waals surface area (Å²) in [5, 5.41) is 8.37. The fourth-order valence-corrected chi connectivity index (χ4v) is 3.71. The maximum atomic E-state index is 10.2. The third-order valence-corrected chi connectivity index (χ3v) is 5.44. The van der Waals surface area contributed by atoms with E-state index in [1.165, 1.54) is 70.6 Å². The standard InChI is InChI=1S/C12H26O4S.C8H14O2/c1-2-3-4-5-6-7-8-9-10-11-12-16-17(13,14)15;9-8(10)6-5-7-3-1-2-4-7/h2-12H2,1H3,(H,13,14,15);7H,1-6H2,(H,9,10). The summed E-state index contributed by atoms with van der Waals surface area (Å²) in [5.74, 6) is 0.0722. The number of carboxylic acids is 1. The van der Waals surface area contributed by atoms with Crippen molar-refractivity contribution in [1.82, 2.24) is 0 Å². The molecule has 0 aromatic heterocycles. The summed E-state index contributed by atoms with van der Waals surface area (Å²) in [5.41, 5.74) is 0. The Kier molecular flexibility index (Phi) is 17.0. The van der Waals surface area contributed by atoms with Gasteiger partial charge in [-0.1, -0.05) is 90.4 Å². The first-order chi connectivity index (χ1) is 12.8. The highest BCUT2D eigenvalue weighted by Gasteiger charge is 2.15. The molecule has 6 nitrogen and oxygen atoms in total. The van der Waals surface area contributed by atoms with E-state index in [1.54, 1.807) is 0 Å². The Bertz CT molecular complexity index is 443. The van der Waals surface area contributed by atoms with Gasteiger partial charge < -0.3 is 5.11 Å². The highest BCUT2D eigenvalue weighted by atomic mass is 32.3. The molecule has 0 bridgehead atoms. The average molecular weight is 409 g/mol. The lowest BCUT2D eigenvalue weighted by Crippen LogP contribution is -2.04. The third kappa shape index (κ3) is 21.5. The molecule has 7 heteroatoms. The summed E-state index contributed by atoms with van der Waals surface area (Å²) in [6.07, 6.45) is 18.2. The van der Waals surface area contributed by atoms with Gasteiger partial charge in [0.2, 0.25) is 0 Å². The van der Waals surface area contributed by atoms with Gasteiger partial charge in [-0.3, -0.25) is 9.35 Å². The maximum absolute atomic E-state index is 10.2. The van der Waals surface area contributed by atoms with Gasteiger partial charge in [-0.05, 0) is 18.8 Å². The molecule has 1 aliphatic rings. The molecule has 1 saturated carbocycles. The molecule has 0 heterocycles. The molecule has 2 N–H and O–H groups in total. The van der Waals surface area contributed by atoms with Gasteiger partial charge in [-0.2, -0.15) is 8.42 Å². The van der Waals surface area contributed by atoms with Crippen molar-refractivity contribution in [3.05, 3.63) is 0 Å². The quantitative estimate of drug-likeness (QED) is 0.263. The summed E-state index contributed by atoms with van der Waals surface area (Å²) >= 11 is 0. The summed E-state index contributed by atoms with van der Waals surface area (Å²) in [6, 6.07) is 0. The normalized spacial score (nSPS) is 14.7. The summed E-state index contributed by atoms with van der Waals surface area (Å²) in [6.45, 7) is 2.31. The van der Waals surface area contributed by atoms with Gasteiger partial charge in [-0.25, -0.2) is 4.18 Å². The molecule has 0 unspecified atom stereocenters. The molecule has 0 aliphatic heterocycles. The minimum atomic E-state index is -4.23. The molecular formula is C20H40O6S. The molecule has 1 rings (SSSR count). The number of hydrogen-bond donors (Lipinski definition) is 2. The van der Waals surface area contributed by atoms with Gasteiger partial charge in [0.1, 0.15) is 0 Å². The summed E-state index contributed by atoms with van der Waals surface area (Å²) in [7, 11) is -4.23. The van der Waals surface area contributed by atoms with E-state index >= 15 is 0 Å². The Hall–Kier alpha value is -0.660. The zero-order valence-electron chi connectivity index (χ0n) is 17.0. The van der Waals surface area contributed by atoms with Crippen LogP contribution in [0.4, 0.5) is 0 Å². The van der Waals surface area contributed by atoms with Gasteiger partial charge in [0.15, 0.2) is 0 Å². The second kappa shape index (κ2) is 17.4. The van der Waals surface area contributed by atoms with Crippen molar-refractivity contribution in [3.8, 4) is 0 Å². The fraction of sp³-hybridized carbons (Fsp3) is 0.950. The van der Waals surface area contributed by atoms with Crippen LogP contribution in [0.5, 0.6) is 0 Å². The lowest BCUT2D eigenvalue weighted by Gasteiger charge is -2.04. The number of hydrogen-bond acceptors (Lipinski definition) is 4. The minimum Gasteiger partial charge on any atom is -0.481 e. The first-order valence-corrected chi connectivity index (χ1v) is 12.0. The molecule has 0 amide bonds. The second-order valence-corrected chi connectivity index (χ2v) is 8.61. The zero-order chi connectivity index (χ0) is 20.4. The van der Waals surface area contributed by atoms with Gasteiger partial charge in [0.05, 0.1) is 6.61 Å². The third-order valence-electron chi connectivity index (χ3n) is 4.97. The van der Waals surface area contributed by atoms with Crippen molar-refractivity contribution in [3.63, 3.8) is 0 Å². The van der Waals surface area contributed by atoms with E-state index in [0.717, 1.165) is 25.2 Å². The van der Waals surface area contributed by atoms with Crippen molar-refractivity contribution < 1.29 is 27.1 Å². The fourth-order valence-electron chi connectivity index (χ4n) is 3.38. The molecular weight excluding hydrogens is 368 g/mol. The number of rotatable bonds is 15. The Morgan fingerprint density at radius 2 is 1.41 bits per heavy atom. The molecule has 0 radical (unpaired) electrons. The van der Waals surface area contributed by atoms with E-state index in [4.69, 9.17) is 9.66 Å². The first kappa shape index (κ1) is 26.3. The van der Waals surface area contributed by atoms with Crippen LogP contribution in [0.15, 0.2) is 0 Å². The Balaban J connectivity index is 0.000000569. The van der Waals surface area contributed by atoms with Crippen LogP contribution in [-0.4, -0.2) is 30.7 Å². The van der Waals surface area contributed by atoms with Crippen LogP contribution in [0.1, 0.15) is 110 Å². The minimum absolute atomic E-state index is 0.0926. The monoisotopic (exact) mass is 408 g/mol. The van der Waals surface area contributed by atoms with Crippen molar-refractivity contribution >= 4 is 16.4 Å². The molecule has 0 saturated heterocycles. The van der Waals surface area contributed by atoms with Crippen molar-refractivity contribution in [2.45, 2.75) is 110 Å². The average Bonchev–Trinajstić information content (AvgIpc) is 3.11. The molecule has 0 aromatic rings. The lowest BCUT2D eigenvalue weighted by atomic mass is 10.0. The van der Waals surface area contributed by atoms with Crippen LogP contribution in [0, 0.1) is 5.92 Å². The predicted octanol–water partition coefficient (Wildman–Crippen LogP) is 5.77. The van der Waals surface area contributed by atoms with Crippen LogP contribution in [0.2, 0.25) is 0 Å². The highest BCUT2D eigenvalue weighted by molar-refractivity contribution is 7.80. The summed E-state index contributed by atoms with van der Waals surface area (Å²) in [4.78, 5) is 10.2. The molecule has 0 spiro atoms. The molecule has 1 fully saturated rings. The number of aliphatic carboxylic acids is 1. The largest absolute Gasteiger partial charge is 0.481 e. The molecule has 0 aromatic carbocycles. The van der Waals surface area contributed by atoms with Crippen LogP contribution in [0.3, 0.4) is 0 Å². The Labute approximate surface area is 166 Å². The van der Waals surface area contributed by atoms with Crippen molar-refractivity contribution in [2.24, 2.45) is 5.92 Å². The van der Waals surface area contributed by atoms with E-state index in [2.05, 4.69) is 11.1 Å². The second-order valence-electron chi connectivity index (χ2n) is 7.51. The van der Waals surface area contributed by atoms with Gasteiger partial charge in [-0.15, -0.1) is 0 Å². The topological polar surface area (TPSA) is 101 Å². The Morgan fingerprint density at radius 1 is 0.926 bits per heavy atom. The zero-order valence-corrected chi connectivity index (χ0v) is 17.9. The van der Waals surface area contributed by atoms with E-state index < -0.39 is 16.4 Å². The molecule has 1 aliphatic carbocycles. The first-order valence-electron chi connectivity index (χ1n) is 10.7. The van der Waals surface area contributed by atoms with E-state index in [-0.39, 0.29) is 6.61 Å².